The molecule has 3 rings (SSSR count). The van der Waals surface area contributed by atoms with Crippen LogP contribution in [-0.2, 0) is 0 Å². The molecule has 0 aliphatic heterocycles. The number of hydrogen-bond acceptors (Lipinski definition) is 4. The molecule has 0 spiro atoms. The average molecular weight is 348 g/mol. The summed E-state index contributed by atoms with van der Waals surface area (Å²) in [5, 5.41) is 9.45. The van der Waals surface area contributed by atoms with Crippen LogP contribution in [0.3, 0.4) is 0 Å². The van der Waals surface area contributed by atoms with Gasteiger partial charge in [-0.15, -0.1) is 0 Å². The number of H-pyrrole nitrogens is 1. The first-order valence-corrected chi connectivity index (χ1v) is 8.44. The molecule has 2 aromatic carbocycles. The van der Waals surface area contributed by atoms with Gasteiger partial charge in [-0.1, -0.05) is 60.7 Å². The standard InChI is InChI=1S/C20H20N4O2/c21-12-7-13-22-19(25)17-16(14-8-3-1-4-9-14)18(23-24-20(17)26)15-10-5-2-6-11-15/h1-6,8-11H,7,12-13,21H2,(H,22,25)(H,24,26). The van der Waals surface area contributed by atoms with Crippen LogP contribution in [0.15, 0.2) is 65.5 Å². The maximum absolute atomic E-state index is 12.7. The summed E-state index contributed by atoms with van der Waals surface area (Å²) in [7, 11) is 0. The zero-order valence-corrected chi connectivity index (χ0v) is 14.2. The minimum atomic E-state index is -0.520. The minimum Gasteiger partial charge on any atom is -0.352 e. The molecule has 0 saturated heterocycles. The van der Waals surface area contributed by atoms with Gasteiger partial charge in [0.05, 0.1) is 5.69 Å². The zero-order valence-electron chi connectivity index (χ0n) is 14.2. The van der Waals surface area contributed by atoms with Gasteiger partial charge in [-0.25, -0.2) is 5.10 Å². The van der Waals surface area contributed by atoms with E-state index in [9.17, 15) is 9.59 Å². The summed E-state index contributed by atoms with van der Waals surface area (Å²) in [6.45, 7) is 0.875. The molecule has 3 aromatic rings. The number of nitrogens with one attached hydrogen (secondary N) is 2. The molecule has 0 bridgehead atoms. The van der Waals surface area contributed by atoms with Gasteiger partial charge in [-0.3, -0.25) is 9.59 Å². The number of nitrogens with two attached hydrogens (primary N) is 1. The molecule has 0 unspecified atom stereocenters. The van der Waals surface area contributed by atoms with Crippen LogP contribution in [-0.4, -0.2) is 29.2 Å². The van der Waals surface area contributed by atoms with Gasteiger partial charge in [0, 0.05) is 17.7 Å². The van der Waals surface area contributed by atoms with Crippen LogP contribution in [0.1, 0.15) is 16.8 Å². The van der Waals surface area contributed by atoms with E-state index in [1.165, 1.54) is 0 Å². The maximum Gasteiger partial charge on any atom is 0.277 e. The molecule has 26 heavy (non-hydrogen) atoms. The molecule has 6 heteroatoms. The van der Waals surface area contributed by atoms with Crippen LogP contribution in [0.2, 0.25) is 0 Å². The zero-order chi connectivity index (χ0) is 18.4. The van der Waals surface area contributed by atoms with Gasteiger partial charge in [0.15, 0.2) is 0 Å². The molecular formula is C20H20N4O2. The van der Waals surface area contributed by atoms with Crippen LogP contribution in [0.25, 0.3) is 22.4 Å². The predicted octanol–water partition coefficient (Wildman–Crippen LogP) is 2.18. The maximum atomic E-state index is 12.7. The monoisotopic (exact) mass is 348 g/mol. The molecule has 6 nitrogen and oxygen atoms in total. The van der Waals surface area contributed by atoms with Crippen LogP contribution in [0, 0.1) is 0 Å². The van der Waals surface area contributed by atoms with Crippen molar-refractivity contribution >= 4 is 5.91 Å². The molecular weight excluding hydrogens is 328 g/mol. The smallest absolute Gasteiger partial charge is 0.277 e. The average Bonchev–Trinajstić information content (AvgIpc) is 2.69. The van der Waals surface area contributed by atoms with Crippen molar-refractivity contribution in [2.24, 2.45) is 5.73 Å². The lowest BCUT2D eigenvalue weighted by Gasteiger charge is -2.13. The highest BCUT2D eigenvalue weighted by Crippen LogP contribution is 2.31. The van der Waals surface area contributed by atoms with Crippen molar-refractivity contribution in [3.8, 4) is 22.4 Å². The fourth-order valence-corrected chi connectivity index (χ4v) is 2.75. The number of hydrogen-bond donors (Lipinski definition) is 3. The van der Waals surface area contributed by atoms with Gasteiger partial charge in [0.2, 0.25) is 0 Å². The molecule has 0 atom stereocenters. The van der Waals surface area contributed by atoms with Crippen molar-refractivity contribution in [1.82, 2.24) is 15.5 Å². The van der Waals surface area contributed by atoms with E-state index in [1.807, 2.05) is 60.7 Å². The summed E-state index contributed by atoms with van der Waals surface area (Å²) in [5.41, 5.74) is 7.66. The van der Waals surface area contributed by atoms with Crippen LogP contribution >= 0.6 is 0 Å². The lowest BCUT2D eigenvalue weighted by molar-refractivity contribution is 0.0952. The molecule has 0 aliphatic rings. The third-order valence-electron chi connectivity index (χ3n) is 3.99. The van der Waals surface area contributed by atoms with Crippen molar-refractivity contribution in [2.45, 2.75) is 6.42 Å². The lowest BCUT2D eigenvalue weighted by Crippen LogP contribution is -2.32. The Balaban J connectivity index is 2.20. The Morgan fingerprint density at radius 2 is 1.62 bits per heavy atom. The summed E-state index contributed by atoms with van der Waals surface area (Å²) in [6.07, 6.45) is 0.640. The first-order valence-electron chi connectivity index (χ1n) is 8.44. The molecule has 4 N–H and O–H groups in total. The molecule has 0 radical (unpaired) electrons. The Kier molecular flexibility index (Phi) is 5.56. The quantitative estimate of drug-likeness (QED) is 0.594. The second kappa shape index (κ2) is 8.22. The molecule has 1 aromatic heterocycles. The van der Waals surface area contributed by atoms with Gasteiger partial charge in [-0.2, -0.15) is 5.10 Å². The van der Waals surface area contributed by atoms with E-state index in [-0.39, 0.29) is 5.56 Å². The Morgan fingerprint density at radius 3 is 2.23 bits per heavy atom. The first kappa shape index (κ1) is 17.6. The summed E-state index contributed by atoms with van der Waals surface area (Å²) in [5.74, 6) is -0.432. The van der Waals surface area contributed by atoms with Crippen molar-refractivity contribution in [3.63, 3.8) is 0 Å². The van der Waals surface area contributed by atoms with Gasteiger partial charge in [0.25, 0.3) is 11.5 Å². The van der Waals surface area contributed by atoms with E-state index in [1.54, 1.807) is 0 Å². The Bertz CT molecular complexity index is 937. The number of aromatic amines is 1. The van der Waals surface area contributed by atoms with Crippen molar-refractivity contribution < 1.29 is 4.79 Å². The number of rotatable bonds is 6. The SMILES string of the molecule is NCCCNC(=O)c1c(-c2ccccc2)c(-c2ccccc2)n[nH]c1=O. The second-order valence-corrected chi connectivity index (χ2v) is 5.78. The normalized spacial score (nSPS) is 10.5. The number of nitrogens with zero attached hydrogens (tertiary/aromatic N) is 1. The van der Waals surface area contributed by atoms with Crippen LogP contribution in [0.4, 0.5) is 0 Å². The van der Waals surface area contributed by atoms with Gasteiger partial charge in [-0.05, 0) is 18.5 Å². The number of amides is 1. The molecule has 132 valence electrons. The van der Waals surface area contributed by atoms with E-state index < -0.39 is 11.5 Å². The van der Waals surface area contributed by atoms with Crippen molar-refractivity contribution in [1.29, 1.82) is 0 Å². The fourth-order valence-electron chi connectivity index (χ4n) is 2.75. The highest BCUT2D eigenvalue weighted by atomic mass is 16.2. The van der Waals surface area contributed by atoms with Gasteiger partial charge in [0.1, 0.15) is 5.56 Å². The van der Waals surface area contributed by atoms with Crippen molar-refractivity contribution in [3.05, 3.63) is 76.6 Å². The van der Waals surface area contributed by atoms with E-state index in [2.05, 4.69) is 15.5 Å². The van der Waals surface area contributed by atoms with E-state index in [4.69, 9.17) is 5.73 Å². The number of aromatic nitrogens is 2. The highest BCUT2D eigenvalue weighted by molar-refractivity contribution is 6.03. The Hall–Kier alpha value is -3.25. The number of carbonyl (C=O) groups is 1. The molecule has 0 saturated carbocycles. The fraction of sp³-hybridized carbons (Fsp3) is 0.150. The molecule has 1 amide bonds. The summed E-state index contributed by atoms with van der Waals surface area (Å²) < 4.78 is 0. The molecule has 0 aliphatic carbocycles. The topological polar surface area (TPSA) is 101 Å². The second-order valence-electron chi connectivity index (χ2n) is 5.78. The summed E-state index contributed by atoms with van der Waals surface area (Å²) in [6, 6.07) is 18.8. The van der Waals surface area contributed by atoms with E-state index >= 15 is 0 Å². The highest BCUT2D eigenvalue weighted by Gasteiger charge is 2.22. The Morgan fingerprint density at radius 1 is 1.00 bits per heavy atom. The van der Waals surface area contributed by atoms with Crippen LogP contribution < -0.4 is 16.6 Å². The van der Waals surface area contributed by atoms with Gasteiger partial charge < -0.3 is 11.1 Å². The summed E-state index contributed by atoms with van der Waals surface area (Å²) in [4.78, 5) is 25.2. The third kappa shape index (κ3) is 3.70. The first-order chi connectivity index (χ1) is 12.7. The number of benzene rings is 2. The summed E-state index contributed by atoms with van der Waals surface area (Å²) >= 11 is 0. The third-order valence-corrected chi connectivity index (χ3v) is 3.99. The Labute approximate surface area is 151 Å². The molecule has 0 fully saturated rings. The van der Waals surface area contributed by atoms with E-state index in [0.717, 1.165) is 11.1 Å². The van der Waals surface area contributed by atoms with Crippen LogP contribution in [0.5, 0.6) is 0 Å². The number of carbonyl (C=O) groups excluding carboxylic acids is 1. The minimum absolute atomic E-state index is 0.0575. The predicted molar refractivity (Wildman–Crippen MR) is 102 cm³/mol. The largest absolute Gasteiger partial charge is 0.352 e. The van der Waals surface area contributed by atoms with Gasteiger partial charge >= 0.3 is 0 Å². The van der Waals surface area contributed by atoms with Crippen molar-refractivity contribution in [2.75, 3.05) is 13.1 Å². The van der Waals surface area contributed by atoms with E-state index in [0.29, 0.717) is 30.8 Å². The molecule has 1 heterocycles. The lowest BCUT2D eigenvalue weighted by atomic mass is 9.95.